The van der Waals surface area contributed by atoms with Gasteiger partial charge < -0.3 is 5.11 Å². The molecule has 0 heterocycles. The molecule has 0 fully saturated rings. The lowest BCUT2D eigenvalue weighted by Gasteiger charge is -2.20. The first-order valence-electron chi connectivity index (χ1n) is 5.10. The highest BCUT2D eigenvalue weighted by molar-refractivity contribution is 5.89. The van der Waals surface area contributed by atoms with Gasteiger partial charge >= 0.3 is 5.97 Å². The van der Waals surface area contributed by atoms with Crippen molar-refractivity contribution in [1.29, 1.82) is 5.26 Å². The van der Waals surface area contributed by atoms with Crippen LogP contribution in [0.2, 0.25) is 0 Å². The molecule has 0 saturated carbocycles. The second-order valence-corrected chi connectivity index (χ2v) is 4.76. The minimum absolute atomic E-state index is 0.0879. The monoisotopic (exact) mass is 217 g/mol. The summed E-state index contributed by atoms with van der Waals surface area (Å²) in [5.41, 5.74) is 1.68. The molecule has 1 rings (SSSR count). The third kappa shape index (κ3) is 2.60. The fourth-order valence-corrected chi connectivity index (χ4v) is 1.48. The zero-order chi connectivity index (χ0) is 12.3. The first-order chi connectivity index (χ1) is 7.36. The van der Waals surface area contributed by atoms with Gasteiger partial charge in [-0.15, -0.1) is 0 Å². The smallest absolute Gasteiger partial charge is 0.336 e. The van der Waals surface area contributed by atoms with Crippen molar-refractivity contribution in [2.75, 3.05) is 0 Å². The Hall–Kier alpha value is -1.82. The molecule has 0 atom stereocenters. The molecule has 16 heavy (non-hydrogen) atoms. The second kappa shape index (κ2) is 4.36. The molecular formula is C13H15NO2. The Kier molecular flexibility index (Phi) is 3.34. The zero-order valence-electron chi connectivity index (χ0n) is 9.74. The molecular weight excluding hydrogens is 202 g/mol. The number of carbonyl (C=O) groups is 1. The quantitative estimate of drug-likeness (QED) is 0.828. The number of hydrogen-bond donors (Lipinski definition) is 1. The predicted molar refractivity (Wildman–Crippen MR) is 61.4 cm³/mol. The van der Waals surface area contributed by atoms with Gasteiger partial charge in [0.25, 0.3) is 0 Å². The largest absolute Gasteiger partial charge is 0.478 e. The molecule has 1 N–H and O–H groups in total. The summed E-state index contributed by atoms with van der Waals surface area (Å²) >= 11 is 0. The van der Waals surface area contributed by atoms with Crippen LogP contribution in [-0.4, -0.2) is 11.1 Å². The summed E-state index contributed by atoms with van der Waals surface area (Å²) in [6.45, 7) is 6.08. The third-order valence-corrected chi connectivity index (χ3v) is 2.48. The average Bonchev–Trinajstić information content (AvgIpc) is 2.16. The number of rotatable bonds is 2. The van der Waals surface area contributed by atoms with Crippen LogP contribution in [0.25, 0.3) is 0 Å². The predicted octanol–water partition coefficient (Wildman–Crippen LogP) is 2.75. The highest BCUT2D eigenvalue weighted by Crippen LogP contribution is 2.24. The first-order valence-corrected chi connectivity index (χ1v) is 5.10. The van der Waals surface area contributed by atoms with Gasteiger partial charge in [0.2, 0.25) is 0 Å². The SMILES string of the molecule is CC(C)(C)c1ccc(CC#N)c(C(=O)O)c1. The van der Waals surface area contributed by atoms with Gasteiger partial charge in [-0.05, 0) is 22.6 Å². The maximum Gasteiger partial charge on any atom is 0.336 e. The highest BCUT2D eigenvalue weighted by atomic mass is 16.4. The van der Waals surface area contributed by atoms with Crippen molar-refractivity contribution in [3.05, 3.63) is 34.9 Å². The molecule has 0 saturated heterocycles. The van der Waals surface area contributed by atoms with E-state index in [1.807, 2.05) is 32.9 Å². The Bertz CT molecular complexity index is 450. The van der Waals surface area contributed by atoms with Crippen LogP contribution in [0.15, 0.2) is 18.2 Å². The average molecular weight is 217 g/mol. The van der Waals surface area contributed by atoms with E-state index < -0.39 is 5.97 Å². The summed E-state index contributed by atoms with van der Waals surface area (Å²) in [5.74, 6) is -0.976. The Morgan fingerprint density at radius 3 is 2.50 bits per heavy atom. The number of carboxylic acid groups (broad SMARTS) is 1. The number of aromatic carboxylic acids is 1. The van der Waals surface area contributed by atoms with E-state index in [4.69, 9.17) is 10.4 Å². The van der Waals surface area contributed by atoms with Crippen molar-refractivity contribution in [3.8, 4) is 6.07 Å². The second-order valence-electron chi connectivity index (χ2n) is 4.76. The van der Waals surface area contributed by atoms with E-state index in [9.17, 15) is 4.79 Å². The maximum absolute atomic E-state index is 11.1. The summed E-state index contributed by atoms with van der Waals surface area (Å²) in [5, 5.41) is 17.7. The first kappa shape index (κ1) is 12.3. The normalized spacial score (nSPS) is 10.9. The van der Waals surface area contributed by atoms with Crippen LogP contribution in [0.3, 0.4) is 0 Å². The van der Waals surface area contributed by atoms with Crippen molar-refractivity contribution in [1.82, 2.24) is 0 Å². The molecule has 3 nitrogen and oxygen atoms in total. The van der Waals surface area contributed by atoms with E-state index >= 15 is 0 Å². The van der Waals surface area contributed by atoms with Crippen LogP contribution < -0.4 is 0 Å². The summed E-state index contributed by atoms with van der Waals surface area (Å²) in [7, 11) is 0. The topological polar surface area (TPSA) is 61.1 Å². The van der Waals surface area contributed by atoms with Gasteiger partial charge in [0.1, 0.15) is 0 Å². The van der Waals surface area contributed by atoms with Crippen molar-refractivity contribution in [2.45, 2.75) is 32.6 Å². The minimum Gasteiger partial charge on any atom is -0.478 e. The van der Waals surface area contributed by atoms with Gasteiger partial charge in [-0.3, -0.25) is 0 Å². The lowest BCUT2D eigenvalue weighted by Crippen LogP contribution is -2.13. The Morgan fingerprint density at radius 2 is 2.06 bits per heavy atom. The third-order valence-electron chi connectivity index (χ3n) is 2.48. The van der Waals surface area contributed by atoms with Gasteiger partial charge in [0.15, 0.2) is 0 Å². The summed E-state index contributed by atoms with van der Waals surface area (Å²) in [6.07, 6.45) is 0.131. The number of nitrogens with zero attached hydrogens (tertiary/aromatic N) is 1. The standard InChI is InChI=1S/C13H15NO2/c1-13(2,3)10-5-4-9(6-7-14)11(8-10)12(15)16/h4-5,8H,6H2,1-3H3,(H,15,16). The van der Waals surface area contributed by atoms with Gasteiger partial charge in [0.05, 0.1) is 18.1 Å². The fraction of sp³-hybridized carbons (Fsp3) is 0.385. The van der Waals surface area contributed by atoms with Crippen LogP contribution in [-0.2, 0) is 11.8 Å². The Morgan fingerprint density at radius 1 is 1.44 bits per heavy atom. The molecule has 0 aliphatic heterocycles. The molecule has 3 heteroatoms. The van der Waals surface area contributed by atoms with E-state index in [-0.39, 0.29) is 17.4 Å². The number of hydrogen-bond acceptors (Lipinski definition) is 2. The Labute approximate surface area is 95.3 Å². The van der Waals surface area contributed by atoms with E-state index in [1.165, 1.54) is 0 Å². The maximum atomic E-state index is 11.1. The van der Waals surface area contributed by atoms with E-state index in [2.05, 4.69) is 0 Å². The number of benzene rings is 1. The van der Waals surface area contributed by atoms with Crippen molar-refractivity contribution < 1.29 is 9.90 Å². The fourth-order valence-electron chi connectivity index (χ4n) is 1.48. The molecule has 0 radical (unpaired) electrons. The van der Waals surface area contributed by atoms with Crippen molar-refractivity contribution in [2.24, 2.45) is 0 Å². The van der Waals surface area contributed by atoms with Gasteiger partial charge in [0, 0.05) is 0 Å². The van der Waals surface area contributed by atoms with Crippen LogP contribution in [0.1, 0.15) is 42.3 Å². The number of nitriles is 1. The van der Waals surface area contributed by atoms with Gasteiger partial charge in [-0.25, -0.2) is 4.79 Å². The van der Waals surface area contributed by atoms with Crippen molar-refractivity contribution >= 4 is 5.97 Å². The molecule has 84 valence electrons. The highest BCUT2D eigenvalue weighted by Gasteiger charge is 2.17. The van der Waals surface area contributed by atoms with E-state index in [0.29, 0.717) is 5.56 Å². The molecule has 0 aromatic heterocycles. The molecule has 1 aromatic rings. The van der Waals surface area contributed by atoms with Crippen LogP contribution in [0, 0.1) is 11.3 Å². The molecule has 0 amide bonds. The summed E-state index contributed by atoms with van der Waals surface area (Å²) in [6, 6.07) is 7.25. The lowest BCUT2D eigenvalue weighted by molar-refractivity contribution is 0.0695. The number of carboxylic acids is 1. The molecule has 0 aliphatic carbocycles. The summed E-state index contributed by atoms with van der Waals surface area (Å²) in [4.78, 5) is 11.1. The van der Waals surface area contributed by atoms with E-state index in [0.717, 1.165) is 5.56 Å². The van der Waals surface area contributed by atoms with E-state index in [1.54, 1.807) is 12.1 Å². The van der Waals surface area contributed by atoms with Crippen LogP contribution in [0.4, 0.5) is 0 Å². The molecule has 0 aliphatic rings. The van der Waals surface area contributed by atoms with Gasteiger partial charge in [-0.2, -0.15) is 5.26 Å². The lowest BCUT2D eigenvalue weighted by atomic mass is 9.85. The molecule has 0 spiro atoms. The van der Waals surface area contributed by atoms with Gasteiger partial charge in [-0.1, -0.05) is 32.9 Å². The summed E-state index contributed by atoms with van der Waals surface area (Å²) < 4.78 is 0. The van der Waals surface area contributed by atoms with Crippen molar-refractivity contribution in [3.63, 3.8) is 0 Å². The minimum atomic E-state index is -0.976. The molecule has 1 aromatic carbocycles. The van der Waals surface area contributed by atoms with Crippen LogP contribution >= 0.6 is 0 Å². The van der Waals surface area contributed by atoms with Crippen LogP contribution in [0.5, 0.6) is 0 Å². The zero-order valence-corrected chi connectivity index (χ0v) is 9.74. The molecule has 0 bridgehead atoms. The Balaban J connectivity index is 3.29. The molecule has 0 unspecified atom stereocenters.